The molecule has 0 aromatic carbocycles. The quantitative estimate of drug-likeness (QED) is 0.692. The van der Waals surface area contributed by atoms with Crippen LogP contribution in [0.4, 0.5) is 0 Å². The number of nitrogens with zero attached hydrogens (tertiary/aromatic N) is 4. The van der Waals surface area contributed by atoms with Crippen molar-refractivity contribution in [2.45, 2.75) is 24.9 Å². The molecule has 0 radical (unpaired) electrons. The molecule has 0 spiro atoms. The van der Waals surface area contributed by atoms with E-state index in [-0.39, 0.29) is 5.78 Å². The maximum absolute atomic E-state index is 13.5. The number of rotatable bonds is 6. The molecule has 0 N–H and O–H groups in total. The zero-order valence-electron chi connectivity index (χ0n) is 16.9. The summed E-state index contributed by atoms with van der Waals surface area (Å²) < 4.78 is 10.7. The third-order valence-corrected chi connectivity index (χ3v) is 6.03. The first kappa shape index (κ1) is 19.9. The van der Waals surface area contributed by atoms with Crippen LogP contribution in [0.3, 0.4) is 0 Å². The predicted molar refractivity (Wildman–Crippen MR) is 109 cm³/mol. The van der Waals surface area contributed by atoms with Crippen LogP contribution in [-0.4, -0.2) is 77.6 Å². The SMILES string of the molecule is COc1ccc(CN2CCN(C3(C(=O)c4ccccn4)CCOCC3)CC2)cn1. The molecule has 0 atom stereocenters. The van der Waals surface area contributed by atoms with Crippen LogP contribution < -0.4 is 4.74 Å². The fraction of sp³-hybridized carbons (Fsp3) is 0.500. The number of carbonyl (C=O) groups is 1. The van der Waals surface area contributed by atoms with Crippen molar-refractivity contribution in [3.8, 4) is 5.88 Å². The summed E-state index contributed by atoms with van der Waals surface area (Å²) in [6.07, 6.45) is 5.02. The summed E-state index contributed by atoms with van der Waals surface area (Å²) in [5, 5.41) is 0. The van der Waals surface area contributed by atoms with Gasteiger partial charge in [-0.2, -0.15) is 0 Å². The van der Waals surface area contributed by atoms with Crippen molar-refractivity contribution in [1.29, 1.82) is 0 Å². The Morgan fingerprint density at radius 1 is 1.10 bits per heavy atom. The molecule has 0 aliphatic carbocycles. The molecule has 2 aliphatic heterocycles. The number of ether oxygens (including phenoxy) is 2. The highest BCUT2D eigenvalue weighted by Gasteiger charge is 2.46. The molecule has 2 fully saturated rings. The Morgan fingerprint density at radius 3 is 2.52 bits per heavy atom. The van der Waals surface area contributed by atoms with Crippen molar-refractivity contribution < 1.29 is 14.3 Å². The second kappa shape index (κ2) is 8.98. The van der Waals surface area contributed by atoms with Crippen LogP contribution >= 0.6 is 0 Å². The Kier molecular flexibility index (Phi) is 6.18. The molecular formula is C22H28N4O3. The molecule has 4 rings (SSSR count). The van der Waals surface area contributed by atoms with Gasteiger partial charge in [0.15, 0.2) is 0 Å². The summed E-state index contributed by atoms with van der Waals surface area (Å²) in [5.74, 6) is 0.766. The highest BCUT2D eigenvalue weighted by atomic mass is 16.5. The molecule has 2 aromatic heterocycles. The molecule has 0 unspecified atom stereocenters. The fourth-order valence-corrected chi connectivity index (χ4v) is 4.35. The second-order valence-electron chi connectivity index (χ2n) is 7.66. The van der Waals surface area contributed by atoms with E-state index in [0.717, 1.165) is 45.6 Å². The lowest BCUT2D eigenvalue weighted by molar-refractivity contribution is -0.0340. The van der Waals surface area contributed by atoms with Crippen LogP contribution in [0.1, 0.15) is 28.9 Å². The van der Waals surface area contributed by atoms with Crippen LogP contribution in [0.25, 0.3) is 0 Å². The first-order valence-corrected chi connectivity index (χ1v) is 10.2. The van der Waals surface area contributed by atoms with E-state index in [1.54, 1.807) is 13.3 Å². The number of methoxy groups -OCH3 is 1. The summed E-state index contributed by atoms with van der Waals surface area (Å²) in [6, 6.07) is 9.51. The molecule has 4 heterocycles. The molecule has 29 heavy (non-hydrogen) atoms. The summed E-state index contributed by atoms with van der Waals surface area (Å²) in [5.41, 5.74) is 1.23. The number of hydrogen-bond donors (Lipinski definition) is 0. The van der Waals surface area contributed by atoms with Gasteiger partial charge in [-0.3, -0.25) is 19.6 Å². The lowest BCUT2D eigenvalue weighted by atomic mass is 9.81. The van der Waals surface area contributed by atoms with Crippen LogP contribution in [0.5, 0.6) is 5.88 Å². The van der Waals surface area contributed by atoms with E-state index < -0.39 is 5.54 Å². The van der Waals surface area contributed by atoms with Gasteiger partial charge in [-0.05, 0) is 30.5 Å². The Labute approximate surface area is 171 Å². The van der Waals surface area contributed by atoms with Gasteiger partial charge in [0.1, 0.15) is 5.69 Å². The number of carbonyl (C=O) groups excluding carboxylic acids is 1. The number of Topliss-reactive ketones (excluding diaryl/α,β-unsaturated/α-hetero) is 1. The molecule has 2 aliphatic rings. The average Bonchev–Trinajstić information content (AvgIpc) is 2.80. The Balaban J connectivity index is 1.43. The summed E-state index contributed by atoms with van der Waals surface area (Å²) >= 11 is 0. The minimum atomic E-state index is -0.500. The third-order valence-electron chi connectivity index (χ3n) is 6.03. The van der Waals surface area contributed by atoms with Gasteiger partial charge >= 0.3 is 0 Å². The van der Waals surface area contributed by atoms with Crippen molar-refractivity contribution in [3.05, 3.63) is 54.0 Å². The Morgan fingerprint density at radius 2 is 1.90 bits per heavy atom. The lowest BCUT2D eigenvalue weighted by Crippen LogP contribution is -2.62. The third kappa shape index (κ3) is 4.32. The van der Waals surface area contributed by atoms with E-state index in [2.05, 4.69) is 25.8 Å². The van der Waals surface area contributed by atoms with Gasteiger partial charge in [0.2, 0.25) is 11.7 Å². The maximum atomic E-state index is 13.5. The first-order valence-electron chi connectivity index (χ1n) is 10.2. The summed E-state index contributed by atoms with van der Waals surface area (Å²) in [6.45, 7) is 5.67. The van der Waals surface area contributed by atoms with E-state index in [0.29, 0.717) is 24.8 Å². The summed E-state index contributed by atoms with van der Waals surface area (Å²) in [4.78, 5) is 26.9. The predicted octanol–water partition coefficient (Wildman–Crippen LogP) is 2.03. The van der Waals surface area contributed by atoms with Gasteiger partial charge in [-0.1, -0.05) is 12.1 Å². The number of ketones is 1. The number of hydrogen-bond acceptors (Lipinski definition) is 7. The minimum absolute atomic E-state index is 0.134. The monoisotopic (exact) mass is 396 g/mol. The standard InChI is InChI=1S/C22H28N4O3/c1-28-20-6-5-18(16-24-20)17-25-10-12-26(13-11-25)22(7-14-29-15-8-22)21(27)19-4-2-3-9-23-19/h2-6,9,16H,7-8,10-15,17H2,1H3. The topological polar surface area (TPSA) is 67.8 Å². The average molecular weight is 396 g/mol. The van der Waals surface area contributed by atoms with E-state index in [4.69, 9.17) is 9.47 Å². The van der Waals surface area contributed by atoms with E-state index in [9.17, 15) is 4.79 Å². The van der Waals surface area contributed by atoms with E-state index in [1.165, 1.54) is 5.56 Å². The van der Waals surface area contributed by atoms with Crippen LogP contribution in [0, 0.1) is 0 Å². The van der Waals surface area contributed by atoms with Crippen LogP contribution in [0.15, 0.2) is 42.7 Å². The van der Waals surface area contributed by atoms with Crippen molar-refractivity contribution in [2.24, 2.45) is 0 Å². The number of aromatic nitrogens is 2. The van der Waals surface area contributed by atoms with Crippen molar-refractivity contribution in [1.82, 2.24) is 19.8 Å². The Hall–Kier alpha value is -2.35. The molecule has 2 saturated heterocycles. The summed E-state index contributed by atoms with van der Waals surface area (Å²) in [7, 11) is 1.62. The fourth-order valence-electron chi connectivity index (χ4n) is 4.35. The lowest BCUT2D eigenvalue weighted by Gasteiger charge is -2.48. The largest absolute Gasteiger partial charge is 0.481 e. The van der Waals surface area contributed by atoms with Crippen molar-refractivity contribution in [3.63, 3.8) is 0 Å². The van der Waals surface area contributed by atoms with Crippen LogP contribution in [-0.2, 0) is 11.3 Å². The van der Waals surface area contributed by atoms with Gasteiger partial charge < -0.3 is 9.47 Å². The van der Waals surface area contributed by atoms with Gasteiger partial charge in [0.05, 0.1) is 12.6 Å². The van der Waals surface area contributed by atoms with Crippen LogP contribution in [0.2, 0.25) is 0 Å². The molecule has 0 saturated carbocycles. The highest BCUT2D eigenvalue weighted by molar-refractivity contribution is 6.01. The van der Waals surface area contributed by atoms with Crippen molar-refractivity contribution >= 4 is 5.78 Å². The van der Waals surface area contributed by atoms with Crippen molar-refractivity contribution in [2.75, 3.05) is 46.5 Å². The number of piperazine rings is 1. The molecule has 2 aromatic rings. The highest BCUT2D eigenvalue weighted by Crippen LogP contribution is 2.32. The molecule has 0 amide bonds. The zero-order chi connectivity index (χ0) is 20.1. The maximum Gasteiger partial charge on any atom is 0.212 e. The van der Waals surface area contributed by atoms with E-state index in [1.807, 2.05) is 30.5 Å². The zero-order valence-corrected chi connectivity index (χ0v) is 16.9. The molecule has 7 nitrogen and oxygen atoms in total. The second-order valence-corrected chi connectivity index (χ2v) is 7.66. The van der Waals surface area contributed by atoms with Gasteiger partial charge in [0, 0.05) is 64.4 Å². The molecular weight excluding hydrogens is 368 g/mol. The van der Waals surface area contributed by atoms with E-state index >= 15 is 0 Å². The normalized spacial score (nSPS) is 20.3. The van der Waals surface area contributed by atoms with Gasteiger partial charge in [0.25, 0.3) is 0 Å². The molecule has 0 bridgehead atoms. The number of pyridine rings is 2. The van der Waals surface area contributed by atoms with Gasteiger partial charge in [-0.15, -0.1) is 0 Å². The molecule has 7 heteroatoms. The minimum Gasteiger partial charge on any atom is -0.481 e. The first-order chi connectivity index (χ1) is 14.2. The smallest absolute Gasteiger partial charge is 0.212 e. The molecule has 154 valence electrons. The van der Waals surface area contributed by atoms with Gasteiger partial charge in [-0.25, -0.2) is 4.98 Å². The Bertz CT molecular complexity index is 799.